The number of hydrogen-bond donors (Lipinski definition) is 0. The van der Waals surface area contributed by atoms with E-state index in [4.69, 9.17) is 11.6 Å². The van der Waals surface area contributed by atoms with Crippen LogP contribution in [0.5, 0.6) is 0 Å². The van der Waals surface area contributed by atoms with Crippen molar-refractivity contribution in [2.24, 2.45) is 0 Å². The Morgan fingerprint density at radius 3 is 2.54 bits per heavy atom. The zero-order chi connectivity index (χ0) is 24.9. The van der Waals surface area contributed by atoms with Crippen molar-refractivity contribution in [2.45, 2.75) is 25.0 Å². The number of nitrogens with zero attached hydrogens (tertiary/aromatic N) is 4. The molecule has 1 amide bonds. The van der Waals surface area contributed by atoms with Crippen LogP contribution in [0.25, 0.3) is 5.69 Å². The van der Waals surface area contributed by atoms with Gasteiger partial charge in [-0.3, -0.25) is 14.3 Å². The Kier molecular flexibility index (Phi) is 7.83. The summed E-state index contributed by atoms with van der Waals surface area (Å²) in [7, 11) is 1.73. The van der Waals surface area contributed by atoms with Gasteiger partial charge in [0, 0.05) is 36.9 Å². The van der Waals surface area contributed by atoms with Gasteiger partial charge in [-0.2, -0.15) is 0 Å². The number of hydrogen-bond acceptors (Lipinski definition) is 4. The van der Waals surface area contributed by atoms with Gasteiger partial charge < -0.3 is 4.90 Å². The smallest absolute Gasteiger partial charge is 0.272 e. The van der Waals surface area contributed by atoms with Gasteiger partial charge in [-0.25, -0.2) is 13.8 Å². The third-order valence-corrected chi connectivity index (χ3v) is 6.61. The molecule has 0 spiro atoms. The highest BCUT2D eigenvalue weighted by Crippen LogP contribution is 2.26. The number of halogens is 3. The Hall–Kier alpha value is -3.23. The third kappa shape index (κ3) is 6.07. The number of benzene rings is 2. The minimum Gasteiger partial charge on any atom is -0.336 e. The molecule has 2 aromatic carbocycles. The number of aromatic nitrogens is 3. The van der Waals surface area contributed by atoms with E-state index in [0.717, 1.165) is 16.8 Å². The molecule has 0 N–H and O–H groups in total. The third-order valence-electron chi connectivity index (χ3n) is 5.37. The molecule has 0 unspecified atom stereocenters. The molecular formula is C26H23ClF2N4OS. The van der Waals surface area contributed by atoms with E-state index in [-0.39, 0.29) is 16.7 Å². The maximum absolute atomic E-state index is 13.6. The molecule has 0 aliphatic carbocycles. The number of pyridine rings is 1. The van der Waals surface area contributed by atoms with Crippen LogP contribution in [-0.2, 0) is 13.0 Å². The average Bonchev–Trinajstić information content (AvgIpc) is 3.25. The first-order valence-corrected chi connectivity index (χ1v) is 12.3. The summed E-state index contributed by atoms with van der Waals surface area (Å²) in [6.07, 6.45) is 3.89. The summed E-state index contributed by atoms with van der Waals surface area (Å²) in [5, 5.41) is 0.682. The molecule has 9 heteroatoms. The van der Waals surface area contributed by atoms with Crippen LogP contribution in [0.1, 0.15) is 27.3 Å². The van der Waals surface area contributed by atoms with Gasteiger partial charge >= 0.3 is 0 Å². The van der Waals surface area contributed by atoms with Gasteiger partial charge in [-0.15, -0.1) is 0 Å². The molecule has 0 atom stereocenters. The highest BCUT2D eigenvalue weighted by Gasteiger charge is 2.22. The van der Waals surface area contributed by atoms with Crippen molar-refractivity contribution in [2.75, 3.05) is 12.8 Å². The van der Waals surface area contributed by atoms with Crippen LogP contribution in [0.3, 0.4) is 0 Å². The Balaban J connectivity index is 1.57. The molecule has 4 aromatic rings. The van der Waals surface area contributed by atoms with E-state index in [9.17, 15) is 13.6 Å². The van der Waals surface area contributed by atoms with Crippen LogP contribution in [-0.4, -0.2) is 38.1 Å². The fraction of sp³-hybridized carbons (Fsp3) is 0.192. The van der Waals surface area contributed by atoms with Crippen molar-refractivity contribution in [3.8, 4) is 5.69 Å². The van der Waals surface area contributed by atoms with E-state index in [1.54, 1.807) is 47.0 Å². The SMILES string of the molecule is Cc1cc(CN(C)C(=O)c2cnc(SCCc3ccc(F)c(Cl)c3)n2-c2ccc(F)cc2)ccn1. The van der Waals surface area contributed by atoms with Crippen LogP contribution in [0.15, 0.2) is 72.1 Å². The molecule has 0 fully saturated rings. The summed E-state index contributed by atoms with van der Waals surface area (Å²) in [5.74, 6) is -0.410. The van der Waals surface area contributed by atoms with Crippen molar-refractivity contribution in [3.05, 3.63) is 106 Å². The Labute approximate surface area is 211 Å². The Bertz CT molecular complexity index is 1340. The molecule has 0 radical (unpaired) electrons. The lowest BCUT2D eigenvalue weighted by Gasteiger charge is -2.19. The molecular weight excluding hydrogens is 490 g/mol. The second-order valence-electron chi connectivity index (χ2n) is 8.05. The van der Waals surface area contributed by atoms with Gasteiger partial charge in [-0.1, -0.05) is 29.4 Å². The number of thioether (sulfide) groups is 1. The molecule has 35 heavy (non-hydrogen) atoms. The average molecular weight is 513 g/mol. The fourth-order valence-electron chi connectivity index (χ4n) is 3.63. The van der Waals surface area contributed by atoms with Crippen molar-refractivity contribution in [3.63, 3.8) is 0 Å². The van der Waals surface area contributed by atoms with Gasteiger partial charge in [0.05, 0.1) is 11.2 Å². The van der Waals surface area contributed by atoms with Gasteiger partial charge in [0.1, 0.15) is 17.3 Å². The maximum Gasteiger partial charge on any atom is 0.272 e. The highest BCUT2D eigenvalue weighted by atomic mass is 35.5. The zero-order valence-electron chi connectivity index (χ0n) is 19.2. The van der Waals surface area contributed by atoms with E-state index >= 15 is 0 Å². The molecule has 4 rings (SSSR count). The lowest BCUT2D eigenvalue weighted by molar-refractivity contribution is 0.0776. The predicted octanol–water partition coefficient (Wildman–Crippen LogP) is 6.11. The standard InChI is InChI=1S/C26H23ClF2N4OS/c1-17-13-19(9-11-30-17)16-32(2)25(34)24-15-31-26(33(24)21-6-4-20(28)5-7-21)35-12-10-18-3-8-23(29)22(27)14-18/h3-9,11,13-15H,10,12,16H2,1-2H3. The number of rotatable bonds is 8. The second kappa shape index (κ2) is 11.0. The van der Waals surface area contributed by atoms with E-state index in [1.165, 1.54) is 36.2 Å². The predicted molar refractivity (Wildman–Crippen MR) is 134 cm³/mol. The molecule has 5 nitrogen and oxygen atoms in total. The second-order valence-corrected chi connectivity index (χ2v) is 9.52. The first kappa shape index (κ1) is 24.9. The summed E-state index contributed by atoms with van der Waals surface area (Å²) in [6.45, 7) is 2.31. The monoisotopic (exact) mass is 512 g/mol. The number of imidazole rings is 1. The van der Waals surface area contributed by atoms with E-state index in [0.29, 0.717) is 35.3 Å². The maximum atomic E-state index is 13.6. The van der Waals surface area contributed by atoms with E-state index in [1.807, 2.05) is 19.1 Å². The molecule has 0 saturated carbocycles. The normalized spacial score (nSPS) is 11.0. The van der Waals surface area contributed by atoms with Crippen LogP contribution in [0, 0.1) is 18.6 Å². The number of carbonyl (C=O) groups is 1. The quantitative estimate of drug-likeness (QED) is 0.267. The number of amides is 1. The van der Waals surface area contributed by atoms with Crippen molar-refractivity contribution in [1.29, 1.82) is 0 Å². The largest absolute Gasteiger partial charge is 0.336 e. The van der Waals surface area contributed by atoms with Crippen molar-refractivity contribution < 1.29 is 13.6 Å². The summed E-state index contributed by atoms with van der Waals surface area (Å²) in [4.78, 5) is 23.7. The topological polar surface area (TPSA) is 51.0 Å². The Morgan fingerprint density at radius 2 is 1.83 bits per heavy atom. The molecule has 0 bridgehead atoms. The van der Waals surface area contributed by atoms with Crippen LogP contribution in [0.4, 0.5) is 8.78 Å². The highest BCUT2D eigenvalue weighted by molar-refractivity contribution is 7.99. The number of carbonyl (C=O) groups excluding carboxylic acids is 1. The summed E-state index contributed by atoms with van der Waals surface area (Å²) < 4.78 is 28.8. The first-order chi connectivity index (χ1) is 16.8. The minimum absolute atomic E-state index is 0.0839. The molecule has 0 aliphatic heterocycles. The Morgan fingerprint density at radius 1 is 1.06 bits per heavy atom. The summed E-state index contributed by atoms with van der Waals surface area (Å²) >= 11 is 7.34. The van der Waals surface area contributed by atoms with E-state index in [2.05, 4.69) is 9.97 Å². The molecule has 180 valence electrons. The van der Waals surface area contributed by atoms with Crippen LogP contribution >= 0.6 is 23.4 Å². The number of aryl methyl sites for hydroxylation is 2. The molecule has 0 saturated heterocycles. The zero-order valence-corrected chi connectivity index (χ0v) is 20.8. The lowest BCUT2D eigenvalue weighted by Crippen LogP contribution is -2.28. The first-order valence-electron chi connectivity index (χ1n) is 10.9. The molecule has 0 aliphatic rings. The summed E-state index contributed by atoms with van der Waals surface area (Å²) in [5.41, 5.74) is 3.74. The van der Waals surface area contributed by atoms with Crippen LogP contribution in [0.2, 0.25) is 5.02 Å². The fourth-order valence-corrected chi connectivity index (χ4v) is 4.81. The van der Waals surface area contributed by atoms with Crippen molar-refractivity contribution >= 4 is 29.3 Å². The van der Waals surface area contributed by atoms with E-state index < -0.39 is 5.82 Å². The van der Waals surface area contributed by atoms with Crippen molar-refractivity contribution in [1.82, 2.24) is 19.4 Å². The molecule has 2 heterocycles. The molecule has 2 aromatic heterocycles. The van der Waals surface area contributed by atoms with Crippen LogP contribution < -0.4 is 0 Å². The van der Waals surface area contributed by atoms with Gasteiger partial charge in [-0.05, 0) is 73.0 Å². The van der Waals surface area contributed by atoms with Gasteiger partial charge in [0.2, 0.25) is 0 Å². The van der Waals surface area contributed by atoms with Gasteiger partial charge in [0.25, 0.3) is 5.91 Å². The van der Waals surface area contributed by atoms with Gasteiger partial charge in [0.15, 0.2) is 5.16 Å². The minimum atomic E-state index is -0.455. The lowest BCUT2D eigenvalue weighted by atomic mass is 10.2. The summed E-state index contributed by atoms with van der Waals surface area (Å²) in [6, 6.07) is 14.4.